The Morgan fingerprint density at radius 1 is 1.07 bits per heavy atom. The lowest BCUT2D eigenvalue weighted by Crippen LogP contribution is -2.52. The van der Waals surface area contributed by atoms with E-state index in [1.54, 1.807) is 18.2 Å². The first kappa shape index (κ1) is 20.7. The number of carbonyl (C=O) groups excluding carboxylic acids is 1. The fourth-order valence-corrected chi connectivity index (χ4v) is 5.88. The van der Waals surface area contributed by atoms with Gasteiger partial charge in [0.05, 0.1) is 16.9 Å². The lowest BCUT2D eigenvalue weighted by Gasteiger charge is -2.43. The molecule has 1 fully saturated rings. The van der Waals surface area contributed by atoms with Crippen LogP contribution in [-0.4, -0.2) is 37.2 Å². The summed E-state index contributed by atoms with van der Waals surface area (Å²) in [5.74, 6) is 0.550. The first-order valence-corrected chi connectivity index (χ1v) is 11.6. The highest BCUT2D eigenvalue weighted by molar-refractivity contribution is 7.89. The summed E-state index contributed by atoms with van der Waals surface area (Å²) < 4.78 is 33.6. The first-order chi connectivity index (χ1) is 13.6. The van der Waals surface area contributed by atoms with Gasteiger partial charge in [-0.2, -0.15) is 4.31 Å². The van der Waals surface area contributed by atoms with Crippen molar-refractivity contribution in [1.29, 1.82) is 0 Å². The van der Waals surface area contributed by atoms with Crippen LogP contribution in [0.5, 0.6) is 5.75 Å². The van der Waals surface area contributed by atoms with Crippen molar-refractivity contribution in [1.82, 2.24) is 4.31 Å². The fraction of sp³-hybridized carbons (Fsp3) is 0.381. The number of sulfonamides is 1. The summed E-state index contributed by atoms with van der Waals surface area (Å²) >= 11 is 12.2. The highest BCUT2D eigenvalue weighted by Crippen LogP contribution is 2.43. The number of benzene rings is 2. The van der Waals surface area contributed by atoms with Crippen molar-refractivity contribution in [2.24, 2.45) is 0 Å². The Balaban J connectivity index is 1.57. The number of hydrogen-bond donors (Lipinski definition) is 0. The van der Waals surface area contributed by atoms with Gasteiger partial charge in [-0.25, -0.2) is 8.42 Å². The number of piperidine rings is 1. The van der Waals surface area contributed by atoms with E-state index < -0.39 is 15.6 Å². The van der Waals surface area contributed by atoms with Crippen LogP contribution < -0.4 is 4.74 Å². The maximum absolute atomic E-state index is 12.9. The van der Waals surface area contributed by atoms with E-state index >= 15 is 0 Å². The molecule has 1 saturated heterocycles. The Labute approximate surface area is 180 Å². The highest BCUT2D eigenvalue weighted by Gasteiger charge is 2.45. The minimum atomic E-state index is -3.61. The number of fused-ring (bicyclic) bond motifs is 1. The van der Waals surface area contributed by atoms with Crippen molar-refractivity contribution in [3.8, 4) is 5.75 Å². The zero-order chi connectivity index (χ0) is 21.0. The molecule has 0 bridgehead atoms. The third kappa shape index (κ3) is 3.56. The molecule has 0 aromatic heterocycles. The summed E-state index contributed by atoms with van der Waals surface area (Å²) in [4.78, 5) is 13.1. The smallest absolute Gasteiger partial charge is 0.243 e. The van der Waals surface area contributed by atoms with Gasteiger partial charge in [0.25, 0.3) is 0 Å². The molecule has 0 unspecified atom stereocenters. The van der Waals surface area contributed by atoms with Crippen LogP contribution in [0.2, 0.25) is 10.0 Å². The number of ether oxygens (including phenoxy) is 1. The van der Waals surface area contributed by atoms with Crippen LogP contribution in [0.4, 0.5) is 0 Å². The molecule has 0 amide bonds. The van der Waals surface area contributed by atoms with Crippen LogP contribution in [0.3, 0.4) is 0 Å². The van der Waals surface area contributed by atoms with Gasteiger partial charge < -0.3 is 4.74 Å². The number of carbonyl (C=O) groups is 1. The number of ketones is 1. The van der Waals surface area contributed by atoms with E-state index in [1.807, 2.05) is 13.8 Å². The predicted octanol–water partition coefficient (Wildman–Crippen LogP) is 4.80. The lowest BCUT2D eigenvalue weighted by molar-refractivity contribution is 0.00578. The number of halogens is 2. The summed E-state index contributed by atoms with van der Waals surface area (Å²) in [6.07, 6.45) is 1.13. The van der Waals surface area contributed by atoms with Crippen molar-refractivity contribution >= 4 is 39.0 Å². The van der Waals surface area contributed by atoms with Gasteiger partial charge in [-0.05, 0) is 55.3 Å². The van der Waals surface area contributed by atoms with E-state index in [9.17, 15) is 13.2 Å². The number of nitrogens with zero attached hydrogens (tertiary/aromatic N) is 1. The quantitative estimate of drug-likeness (QED) is 0.654. The predicted molar refractivity (Wildman–Crippen MR) is 113 cm³/mol. The molecule has 4 rings (SSSR count). The maximum Gasteiger partial charge on any atom is 0.243 e. The van der Waals surface area contributed by atoms with Crippen molar-refractivity contribution in [2.75, 3.05) is 13.1 Å². The summed E-state index contributed by atoms with van der Waals surface area (Å²) in [5, 5.41) is 1.07. The second kappa shape index (κ2) is 7.27. The number of hydrogen-bond acceptors (Lipinski definition) is 4. The SMILES string of the molecule is Cc1cc2c(c(C)c1Cl)C(=O)CC1(CCN(S(=O)(=O)c3ccc(Cl)cc3)CC1)O2. The first-order valence-electron chi connectivity index (χ1n) is 9.41. The molecule has 2 aliphatic rings. The van der Waals surface area contributed by atoms with Gasteiger partial charge in [0, 0.05) is 36.0 Å². The summed E-state index contributed by atoms with van der Waals surface area (Å²) in [7, 11) is -3.61. The second-order valence-electron chi connectivity index (χ2n) is 7.75. The molecule has 2 aromatic carbocycles. The minimum Gasteiger partial charge on any atom is -0.486 e. The van der Waals surface area contributed by atoms with Crippen LogP contribution in [0.25, 0.3) is 0 Å². The normalized spacial score (nSPS) is 19.1. The molecule has 2 aliphatic heterocycles. The zero-order valence-corrected chi connectivity index (χ0v) is 18.5. The molecule has 8 heteroatoms. The number of rotatable bonds is 2. The third-order valence-electron chi connectivity index (χ3n) is 5.82. The molecular formula is C21H21Cl2NO4S. The molecule has 0 radical (unpaired) electrons. The van der Waals surface area contributed by atoms with Gasteiger partial charge in [0.1, 0.15) is 11.4 Å². The summed E-state index contributed by atoms with van der Waals surface area (Å²) in [6.45, 7) is 4.29. The molecular weight excluding hydrogens is 433 g/mol. The van der Waals surface area contributed by atoms with Crippen molar-refractivity contribution < 1.29 is 17.9 Å². The minimum absolute atomic E-state index is 0.000316. The average molecular weight is 454 g/mol. The third-order valence-corrected chi connectivity index (χ3v) is 8.56. The van der Waals surface area contributed by atoms with E-state index in [4.69, 9.17) is 27.9 Å². The van der Waals surface area contributed by atoms with Gasteiger partial charge in [0.2, 0.25) is 10.0 Å². The van der Waals surface area contributed by atoms with Gasteiger partial charge in [-0.3, -0.25) is 4.79 Å². The second-order valence-corrected chi connectivity index (χ2v) is 10.5. The van der Waals surface area contributed by atoms with Gasteiger partial charge in [0.15, 0.2) is 5.78 Å². The molecule has 154 valence electrons. The Hall–Kier alpha value is -1.60. The average Bonchev–Trinajstić information content (AvgIpc) is 2.66. The Morgan fingerprint density at radius 2 is 1.69 bits per heavy atom. The van der Waals surface area contributed by atoms with E-state index in [0.29, 0.717) is 47.3 Å². The number of aryl methyl sites for hydroxylation is 1. The monoisotopic (exact) mass is 453 g/mol. The largest absolute Gasteiger partial charge is 0.486 e. The molecule has 0 N–H and O–H groups in total. The fourth-order valence-electron chi connectivity index (χ4n) is 4.17. The molecule has 1 spiro atoms. The van der Waals surface area contributed by atoms with Crippen molar-refractivity contribution in [2.45, 2.75) is 43.6 Å². The molecule has 0 aliphatic carbocycles. The van der Waals surface area contributed by atoms with Gasteiger partial charge in [-0.15, -0.1) is 0 Å². The lowest BCUT2D eigenvalue weighted by atomic mass is 9.82. The Kier molecular flexibility index (Phi) is 5.18. The van der Waals surface area contributed by atoms with Crippen LogP contribution in [0.1, 0.15) is 40.7 Å². The van der Waals surface area contributed by atoms with Crippen molar-refractivity contribution in [3.63, 3.8) is 0 Å². The standard InChI is InChI=1S/C21H21Cl2NO4S/c1-13-11-18-19(14(2)20(13)23)17(25)12-21(28-18)7-9-24(10-8-21)29(26,27)16-5-3-15(22)4-6-16/h3-6,11H,7-10,12H2,1-2H3. The molecule has 2 heterocycles. The van der Waals surface area contributed by atoms with Crippen molar-refractivity contribution in [3.05, 3.63) is 57.1 Å². The molecule has 5 nitrogen and oxygen atoms in total. The zero-order valence-electron chi connectivity index (χ0n) is 16.2. The molecule has 0 atom stereocenters. The van der Waals surface area contributed by atoms with Gasteiger partial charge >= 0.3 is 0 Å². The summed E-state index contributed by atoms with van der Waals surface area (Å²) in [6, 6.07) is 7.95. The van der Waals surface area contributed by atoms with Crippen LogP contribution in [0.15, 0.2) is 35.2 Å². The van der Waals surface area contributed by atoms with E-state index in [1.165, 1.54) is 16.4 Å². The van der Waals surface area contributed by atoms with Crippen LogP contribution in [0, 0.1) is 13.8 Å². The maximum atomic E-state index is 12.9. The molecule has 2 aromatic rings. The van der Waals surface area contributed by atoms with E-state index in [2.05, 4.69) is 0 Å². The van der Waals surface area contributed by atoms with Gasteiger partial charge in [-0.1, -0.05) is 23.2 Å². The number of Topliss-reactive ketones (excluding diaryl/α,β-unsaturated/α-hetero) is 1. The highest BCUT2D eigenvalue weighted by atomic mass is 35.5. The van der Waals surface area contributed by atoms with E-state index in [0.717, 1.165) is 11.1 Å². The molecule has 29 heavy (non-hydrogen) atoms. The van der Waals surface area contributed by atoms with Crippen LogP contribution >= 0.6 is 23.2 Å². The molecule has 0 saturated carbocycles. The van der Waals surface area contributed by atoms with Crippen LogP contribution in [-0.2, 0) is 10.0 Å². The topological polar surface area (TPSA) is 63.7 Å². The van der Waals surface area contributed by atoms with E-state index in [-0.39, 0.29) is 17.1 Å². The Morgan fingerprint density at radius 3 is 2.31 bits per heavy atom. The Bertz CT molecular complexity index is 1090. The summed E-state index contributed by atoms with van der Waals surface area (Å²) in [5.41, 5.74) is 1.46.